The number of amides is 1. The Morgan fingerprint density at radius 2 is 2.15 bits per heavy atom. The highest BCUT2D eigenvalue weighted by Gasteiger charge is 2.12. The standard InChI is InChI=1S/C14H13N3O2S/c1-8-3-11-10(6-19-12(11)4-9(8)2)5-13(18)16-14-17-15-7-20-14/h3-4,6-7H,5H2,1-2H3,(H,16,17,18). The highest BCUT2D eigenvalue weighted by atomic mass is 32.1. The molecule has 0 saturated heterocycles. The number of nitrogens with zero attached hydrogens (tertiary/aromatic N) is 2. The van der Waals surface area contributed by atoms with Crippen molar-refractivity contribution in [1.82, 2.24) is 10.2 Å². The predicted molar refractivity (Wildman–Crippen MR) is 77.9 cm³/mol. The Hall–Kier alpha value is -2.21. The monoisotopic (exact) mass is 287 g/mol. The number of aromatic nitrogens is 2. The number of carbonyl (C=O) groups excluding carboxylic acids is 1. The lowest BCUT2D eigenvalue weighted by atomic mass is 10.0. The maximum Gasteiger partial charge on any atom is 0.230 e. The molecule has 0 aliphatic carbocycles. The molecule has 3 rings (SSSR count). The Kier molecular flexibility index (Phi) is 3.23. The van der Waals surface area contributed by atoms with Gasteiger partial charge in [0.05, 0.1) is 12.7 Å². The van der Waals surface area contributed by atoms with Crippen LogP contribution in [0.5, 0.6) is 0 Å². The first-order chi connectivity index (χ1) is 9.63. The van der Waals surface area contributed by atoms with Crippen molar-refractivity contribution in [2.75, 3.05) is 5.32 Å². The Balaban J connectivity index is 1.84. The van der Waals surface area contributed by atoms with E-state index in [0.29, 0.717) is 5.13 Å². The highest BCUT2D eigenvalue weighted by molar-refractivity contribution is 7.13. The minimum absolute atomic E-state index is 0.123. The minimum Gasteiger partial charge on any atom is -0.464 e. The third kappa shape index (κ3) is 2.42. The largest absolute Gasteiger partial charge is 0.464 e. The number of hydrogen-bond donors (Lipinski definition) is 1. The van der Waals surface area contributed by atoms with Gasteiger partial charge in [0.2, 0.25) is 11.0 Å². The van der Waals surface area contributed by atoms with E-state index in [-0.39, 0.29) is 12.3 Å². The summed E-state index contributed by atoms with van der Waals surface area (Å²) in [4.78, 5) is 12.0. The summed E-state index contributed by atoms with van der Waals surface area (Å²) in [6, 6.07) is 4.05. The van der Waals surface area contributed by atoms with Crippen molar-refractivity contribution in [2.24, 2.45) is 0 Å². The zero-order chi connectivity index (χ0) is 14.1. The van der Waals surface area contributed by atoms with Gasteiger partial charge in [0, 0.05) is 10.9 Å². The van der Waals surface area contributed by atoms with E-state index in [1.807, 2.05) is 19.9 Å². The SMILES string of the molecule is Cc1cc2occ(CC(=O)Nc3nncs3)c2cc1C. The Bertz CT molecular complexity index is 762. The van der Waals surface area contributed by atoms with Crippen LogP contribution in [0.3, 0.4) is 0 Å². The van der Waals surface area contributed by atoms with Gasteiger partial charge in [0.15, 0.2) is 0 Å². The molecule has 0 aliphatic rings. The van der Waals surface area contributed by atoms with Gasteiger partial charge in [0.25, 0.3) is 0 Å². The van der Waals surface area contributed by atoms with Gasteiger partial charge in [-0.15, -0.1) is 10.2 Å². The van der Waals surface area contributed by atoms with Gasteiger partial charge < -0.3 is 9.73 Å². The lowest BCUT2D eigenvalue weighted by Gasteiger charge is -2.02. The minimum atomic E-state index is -0.123. The summed E-state index contributed by atoms with van der Waals surface area (Å²) >= 11 is 1.29. The first kappa shape index (κ1) is 12.8. The molecule has 0 fully saturated rings. The van der Waals surface area contributed by atoms with Crippen molar-refractivity contribution in [3.05, 3.63) is 40.6 Å². The molecule has 102 valence electrons. The number of aryl methyl sites for hydroxylation is 2. The number of anilines is 1. The van der Waals surface area contributed by atoms with Crippen LogP contribution in [-0.4, -0.2) is 16.1 Å². The normalized spacial score (nSPS) is 10.9. The molecule has 0 spiro atoms. The molecule has 6 heteroatoms. The van der Waals surface area contributed by atoms with E-state index in [1.165, 1.54) is 22.5 Å². The van der Waals surface area contributed by atoms with E-state index in [2.05, 4.69) is 21.6 Å². The van der Waals surface area contributed by atoms with E-state index in [4.69, 9.17) is 4.42 Å². The molecule has 0 radical (unpaired) electrons. The molecule has 20 heavy (non-hydrogen) atoms. The van der Waals surface area contributed by atoms with Crippen molar-refractivity contribution >= 4 is 33.3 Å². The van der Waals surface area contributed by atoms with Gasteiger partial charge in [0.1, 0.15) is 11.1 Å². The number of nitrogens with one attached hydrogen (secondary N) is 1. The van der Waals surface area contributed by atoms with Crippen LogP contribution < -0.4 is 5.32 Å². The van der Waals surface area contributed by atoms with Crippen LogP contribution in [0.25, 0.3) is 11.0 Å². The summed E-state index contributed by atoms with van der Waals surface area (Å²) in [5, 5.41) is 11.7. The number of carbonyl (C=O) groups is 1. The van der Waals surface area contributed by atoms with E-state index in [1.54, 1.807) is 11.8 Å². The molecular weight excluding hydrogens is 274 g/mol. The van der Waals surface area contributed by atoms with Gasteiger partial charge in [-0.05, 0) is 37.1 Å². The number of benzene rings is 1. The fourth-order valence-electron chi connectivity index (χ4n) is 2.04. The summed E-state index contributed by atoms with van der Waals surface area (Å²) < 4.78 is 5.52. The van der Waals surface area contributed by atoms with Gasteiger partial charge in [-0.1, -0.05) is 11.3 Å². The van der Waals surface area contributed by atoms with Crippen LogP contribution in [0, 0.1) is 13.8 Å². The van der Waals surface area contributed by atoms with Gasteiger partial charge in [-0.3, -0.25) is 4.79 Å². The molecular formula is C14H13N3O2S. The summed E-state index contributed by atoms with van der Waals surface area (Å²) in [5.74, 6) is -0.123. The summed E-state index contributed by atoms with van der Waals surface area (Å²) in [7, 11) is 0. The lowest BCUT2D eigenvalue weighted by Crippen LogP contribution is -2.14. The molecule has 0 atom stereocenters. The van der Waals surface area contributed by atoms with Gasteiger partial charge >= 0.3 is 0 Å². The van der Waals surface area contributed by atoms with Crippen molar-refractivity contribution in [3.8, 4) is 0 Å². The Morgan fingerprint density at radius 3 is 2.90 bits per heavy atom. The van der Waals surface area contributed by atoms with Crippen molar-refractivity contribution in [2.45, 2.75) is 20.3 Å². The molecule has 0 aliphatic heterocycles. The maximum absolute atomic E-state index is 12.0. The van der Waals surface area contributed by atoms with Crippen molar-refractivity contribution < 1.29 is 9.21 Å². The van der Waals surface area contributed by atoms with E-state index in [0.717, 1.165) is 16.5 Å². The third-order valence-electron chi connectivity index (χ3n) is 3.23. The zero-order valence-corrected chi connectivity index (χ0v) is 12.0. The summed E-state index contributed by atoms with van der Waals surface area (Å²) in [6.45, 7) is 4.09. The Morgan fingerprint density at radius 1 is 1.35 bits per heavy atom. The predicted octanol–water partition coefficient (Wildman–Crippen LogP) is 3.08. The van der Waals surface area contributed by atoms with E-state index in [9.17, 15) is 4.79 Å². The molecule has 1 N–H and O–H groups in total. The number of fused-ring (bicyclic) bond motifs is 1. The molecule has 2 heterocycles. The molecule has 0 unspecified atom stereocenters. The lowest BCUT2D eigenvalue weighted by molar-refractivity contribution is -0.115. The highest BCUT2D eigenvalue weighted by Crippen LogP contribution is 2.25. The van der Waals surface area contributed by atoms with Crippen LogP contribution in [0.1, 0.15) is 16.7 Å². The molecule has 0 saturated carbocycles. The second-order valence-corrected chi connectivity index (χ2v) is 5.50. The molecule has 3 aromatic rings. The molecule has 1 amide bonds. The van der Waals surface area contributed by atoms with Crippen LogP contribution in [0.4, 0.5) is 5.13 Å². The van der Waals surface area contributed by atoms with Crippen LogP contribution in [0.2, 0.25) is 0 Å². The fourth-order valence-corrected chi connectivity index (χ4v) is 2.50. The van der Waals surface area contributed by atoms with Crippen molar-refractivity contribution in [1.29, 1.82) is 0 Å². The second kappa shape index (κ2) is 5.05. The summed E-state index contributed by atoms with van der Waals surface area (Å²) in [6.07, 6.45) is 1.90. The molecule has 2 aromatic heterocycles. The first-order valence-electron chi connectivity index (χ1n) is 6.17. The van der Waals surface area contributed by atoms with Gasteiger partial charge in [-0.2, -0.15) is 0 Å². The zero-order valence-electron chi connectivity index (χ0n) is 11.1. The second-order valence-electron chi connectivity index (χ2n) is 4.66. The number of rotatable bonds is 3. The topological polar surface area (TPSA) is 68.0 Å². The van der Waals surface area contributed by atoms with Crippen LogP contribution in [0.15, 0.2) is 28.3 Å². The molecule has 5 nitrogen and oxygen atoms in total. The first-order valence-corrected chi connectivity index (χ1v) is 7.05. The van der Waals surface area contributed by atoms with Crippen LogP contribution in [-0.2, 0) is 11.2 Å². The fraction of sp³-hybridized carbons (Fsp3) is 0.214. The quantitative estimate of drug-likeness (QED) is 0.803. The number of furan rings is 1. The van der Waals surface area contributed by atoms with E-state index >= 15 is 0 Å². The Labute approximate surface area is 119 Å². The van der Waals surface area contributed by atoms with Gasteiger partial charge in [-0.25, -0.2) is 0 Å². The third-order valence-corrected chi connectivity index (χ3v) is 3.83. The average Bonchev–Trinajstić information content (AvgIpc) is 3.02. The summed E-state index contributed by atoms with van der Waals surface area (Å²) in [5.41, 5.74) is 5.63. The smallest absolute Gasteiger partial charge is 0.230 e. The molecule has 0 bridgehead atoms. The average molecular weight is 287 g/mol. The molecule has 1 aromatic carbocycles. The maximum atomic E-state index is 12.0. The van der Waals surface area contributed by atoms with Crippen LogP contribution >= 0.6 is 11.3 Å². The number of hydrogen-bond acceptors (Lipinski definition) is 5. The van der Waals surface area contributed by atoms with E-state index < -0.39 is 0 Å². The van der Waals surface area contributed by atoms with Crippen molar-refractivity contribution in [3.63, 3.8) is 0 Å².